The quantitative estimate of drug-likeness (QED) is 0.568. The molecule has 0 unspecified atom stereocenters. The van der Waals surface area contributed by atoms with Crippen LogP contribution in [0.3, 0.4) is 0 Å². The predicted molar refractivity (Wildman–Crippen MR) is 143 cm³/mol. The summed E-state index contributed by atoms with van der Waals surface area (Å²) in [5, 5.41) is 3.26. The molecular formula is C32H36N2O4. The van der Waals surface area contributed by atoms with Crippen LogP contribution in [0.15, 0.2) is 54.6 Å². The zero-order valence-corrected chi connectivity index (χ0v) is 22.2. The average Bonchev–Trinajstić information content (AvgIpc) is 3.70. The molecule has 1 amide bonds. The lowest BCUT2D eigenvalue weighted by molar-refractivity contribution is -0.215. The highest BCUT2D eigenvalue weighted by molar-refractivity contribution is 5.83. The van der Waals surface area contributed by atoms with E-state index in [2.05, 4.69) is 46.6 Å². The summed E-state index contributed by atoms with van der Waals surface area (Å²) in [6, 6.07) is 14.8. The van der Waals surface area contributed by atoms with Crippen LogP contribution >= 0.6 is 0 Å². The standard InChI is InChI=1S/C32H36N2O4/c1-36-24-11-10-22-16-25-30-12-13-32(37-2,23(17-30)28(35)33-18-20-6-4-3-5-7-20)29-31(30,26(22)27(24)38-29)14-15-34(25)19-21-8-9-21/h3-7,10-13,21,23,25,29H,8-9,14-19H2,1-2H3,(H,33,35)/t23-,25-,29-,30-,31+,32-/m1/s1. The molecule has 0 radical (unpaired) electrons. The van der Waals surface area contributed by atoms with Gasteiger partial charge >= 0.3 is 0 Å². The van der Waals surface area contributed by atoms with Gasteiger partial charge in [-0.3, -0.25) is 9.69 Å². The number of carbonyl (C=O) groups excluding carboxylic acids is 1. The highest BCUT2D eigenvalue weighted by Crippen LogP contribution is 2.74. The molecule has 6 nitrogen and oxygen atoms in total. The summed E-state index contributed by atoms with van der Waals surface area (Å²) in [7, 11) is 3.48. The van der Waals surface area contributed by atoms with Gasteiger partial charge in [0.25, 0.3) is 0 Å². The average molecular weight is 513 g/mol. The molecule has 4 bridgehead atoms. The molecule has 1 N–H and O–H groups in total. The Labute approximate surface area is 224 Å². The minimum Gasteiger partial charge on any atom is -0.493 e. The molecular weight excluding hydrogens is 476 g/mol. The summed E-state index contributed by atoms with van der Waals surface area (Å²) in [6.07, 6.45) is 9.88. The van der Waals surface area contributed by atoms with Crippen molar-refractivity contribution < 1.29 is 19.0 Å². The van der Waals surface area contributed by atoms with Crippen LogP contribution < -0.4 is 14.8 Å². The number of amides is 1. The highest BCUT2D eigenvalue weighted by Gasteiger charge is 2.80. The number of hydrogen-bond donors (Lipinski definition) is 1. The van der Waals surface area contributed by atoms with Gasteiger partial charge in [0.1, 0.15) is 11.7 Å². The Morgan fingerprint density at radius 3 is 2.74 bits per heavy atom. The van der Waals surface area contributed by atoms with Crippen molar-refractivity contribution in [3.05, 3.63) is 71.3 Å². The van der Waals surface area contributed by atoms with Gasteiger partial charge in [0.2, 0.25) is 5.91 Å². The van der Waals surface area contributed by atoms with E-state index in [4.69, 9.17) is 14.2 Å². The van der Waals surface area contributed by atoms with Crippen LogP contribution in [0.25, 0.3) is 0 Å². The summed E-state index contributed by atoms with van der Waals surface area (Å²) in [5.41, 5.74) is 2.60. The van der Waals surface area contributed by atoms with Crippen molar-refractivity contribution in [3.63, 3.8) is 0 Å². The molecule has 0 aromatic heterocycles. The molecule has 9 rings (SSSR count). The van der Waals surface area contributed by atoms with Gasteiger partial charge in [-0.05, 0) is 61.8 Å². The number of fused-ring (bicyclic) bond motifs is 1. The number of piperidine rings is 1. The van der Waals surface area contributed by atoms with E-state index in [-0.39, 0.29) is 28.8 Å². The zero-order chi connectivity index (χ0) is 25.7. The number of nitrogens with zero attached hydrogens (tertiary/aromatic N) is 1. The van der Waals surface area contributed by atoms with Gasteiger partial charge in [-0.2, -0.15) is 0 Å². The van der Waals surface area contributed by atoms with E-state index in [0.29, 0.717) is 12.6 Å². The van der Waals surface area contributed by atoms with Crippen molar-refractivity contribution in [2.24, 2.45) is 17.3 Å². The fourth-order valence-electron chi connectivity index (χ4n) is 9.13. The van der Waals surface area contributed by atoms with Gasteiger partial charge in [0.05, 0.1) is 18.4 Å². The Bertz CT molecular complexity index is 1340. The monoisotopic (exact) mass is 512 g/mol. The summed E-state index contributed by atoms with van der Waals surface area (Å²) >= 11 is 0. The van der Waals surface area contributed by atoms with E-state index in [1.807, 2.05) is 18.2 Å². The molecule has 5 aliphatic carbocycles. The van der Waals surface area contributed by atoms with E-state index >= 15 is 0 Å². The van der Waals surface area contributed by atoms with E-state index < -0.39 is 5.60 Å². The van der Waals surface area contributed by atoms with Crippen molar-refractivity contribution in [1.29, 1.82) is 0 Å². The van der Waals surface area contributed by atoms with E-state index in [1.54, 1.807) is 14.2 Å². The van der Waals surface area contributed by atoms with Crippen LogP contribution in [-0.2, 0) is 27.9 Å². The third kappa shape index (κ3) is 2.73. The second-order valence-corrected chi connectivity index (χ2v) is 12.4. The first-order valence-electron chi connectivity index (χ1n) is 14.2. The van der Waals surface area contributed by atoms with Crippen molar-refractivity contribution in [3.8, 4) is 11.5 Å². The van der Waals surface area contributed by atoms with Gasteiger partial charge in [-0.1, -0.05) is 48.6 Å². The van der Waals surface area contributed by atoms with Crippen LogP contribution in [0.4, 0.5) is 0 Å². The molecule has 2 aromatic carbocycles. The van der Waals surface area contributed by atoms with Crippen molar-refractivity contribution in [2.45, 2.75) is 61.8 Å². The number of ether oxygens (including phenoxy) is 3. The highest BCUT2D eigenvalue weighted by atomic mass is 16.6. The fraction of sp³-hybridized carbons (Fsp3) is 0.531. The first kappa shape index (κ1) is 23.1. The van der Waals surface area contributed by atoms with Crippen LogP contribution in [0.1, 0.15) is 42.4 Å². The van der Waals surface area contributed by atoms with Crippen molar-refractivity contribution >= 4 is 5.91 Å². The van der Waals surface area contributed by atoms with Gasteiger partial charge in [-0.15, -0.1) is 0 Å². The topological polar surface area (TPSA) is 60.0 Å². The number of rotatable bonds is 7. The summed E-state index contributed by atoms with van der Waals surface area (Å²) in [4.78, 5) is 16.8. The van der Waals surface area contributed by atoms with Crippen LogP contribution in [0.5, 0.6) is 11.5 Å². The number of methoxy groups -OCH3 is 2. The van der Waals surface area contributed by atoms with Crippen molar-refractivity contribution in [2.75, 3.05) is 27.3 Å². The van der Waals surface area contributed by atoms with Gasteiger partial charge in [0.15, 0.2) is 11.5 Å². The van der Waals surface area contributed by atoms with E-state index in [1.165, 1.54) is 30.5 Å². The number of carbonyl (C=O) groups is 1. The smallest absolute Gasteiger partial charge is 0.226 e. The Kier molecular flexibility index (Phi) is 4.77. The second kappa shape index (κ2) is 7.86. The molecule has 1 saturated heterocycles. The van der Waals surface area contributed by atoms with E-state index in [0.717, 1.165) is 48.8 Å². The van der Waals surface area contributed by atoms with Crippen LogP contribution in [0.2, 0.25) is 0 Å². The summed E-state index contributed by atoms with van der Waals surface area (Å²) in [6.45, 7) is 2.75. The molecule has 2 aliphatic heterocycles. The lowest BCUT2D eigenvalue weighted by atomic mass is 9.37. The molecule has 2 spiro atoms. The summed E-state index contributed by atoms with van der Waals surface area (Å²) < 4.78 is 19.3. The van der Waals surface area contributed by atoms with Gasteiger partial charge < -0.3 is 19.5 Å². The molecule has 198 valence electrons. The number of benzene rings is 2. The number of nitrogens with one attached hydrogen (secondary N) is 1. The third-order valence-corrected chi connectivity index (χ3v) is 10.9. The lowest BCUT2D eigenvalue weighted by Crippen LogP contribution is -2.80. The Balaban J connectivity index is 1.26. The molecule has 2 aromatic rings. The van der Waals surface area contributed by atoms with E-state index in [9.17, 15) is 4.79 Å². The van der Waals surface area contributed by atoms with Crippen LogP contribution in [-0.4, -0.2) is 55.9 Å². The Morgan fingerprint density at radius 1 is 1.13 bits per heavy atom. The maximum atomic E-state index is 14.1. The molecule has 2 saturated carbocycles. The Morgan fingerprint density at radius 2 is 1.97 bits per heavy atom. The van der Waals surface area contributed by atoms with Gasteiger partial charge in [-0.25, -0.2) is 0 Å². The minimum atomic E-state index is -0.829. The molecule has 7 aliphatic rings. The first-order chi connectivity index (χ1) is 18.6. The SMILES string of the molecule is COc1ccc2c3c1O[C@H]1[C@@]4(OC)C=C[C@@]5(C[C@@H]4C(=O)NCc4ccccc4)[C@@H](C2)N(CC2CC2)CC[C@]315. The largest absolute Gasteiger partial charge is 0.493 e. The Hall–Kier alpha value is -2.83. The predicted octanol–water partition coefficient (Wildman–Crippen LogP) is 4.01. The second-order valence-electron chi connectivity index (χ2n) is 12.4. The molecule has 6 atom stereocenters. The fourth-order valence-corrected chi connectivity index (χ4v) is 9.13. The van der Waals surface area contributed by atoms with Gasteiger partial charge in [0, 0.05) is 37.2 Å². The first-order valence-corrected chi connectivity index (χ1v) is 14.2. The molecule has 6 heteroatoms. The third-order valence-electron chi connectivity index (χ3n) is 10.9. The van der Waals surface area contributed by atoms with Crippen molar-refractivity contribution in [1.82, 2.24) is 10.2 Å². The molecule has 38 heavy (non-hydrogen) atoms. The van der Waals surface area contributed by atoms with Crippen LogP contribution in [0, 0.1) is 17.3 Å². The summed E-state index contributed by atoms with van der Waals surface area (Å²) in [5.74, 6) is 2.22. The number of hydrogen-bond acceptors (Lipinski definition) is 5. The maximum absolute atomic E-state index is 14.1. The zero-order valence-electron chi connectivity index (χ0n) is 22.2. The maximum Gasteiger partial charge on any atom is 0.226 e. The number of likely N-dealkylation sites (tertiary alicyclic amines) is 1. The lowest BCUT2D eigenvalue weighted by Gasteiger charge is -2.71. The minimum absolute atomic E-state index is 0.0541. The molecule has 3 fully saturated rings. The normalized spacial score (nSPS) is 37.5. The molecule has 2 heterocycles.